The van der Waals surface area contributed by atoms with Crippen LogP contribution in [0.4, 0.5) is 5.69 Å². The molecule has 0 aliphatic heterocycles. The molecular weight excluding hydrogens is 394 g/mol. The zero-order chi connectivity index (χ0) is 15.0. The first-order valence-corrected chi connectivity index (χ1v) is 8.40. The van der Waals surface area contributed by atoms with E-state index in [-0.39, 0.29) is 0 Å². The summed E-state index contributed by atoms with van der Waals surface area (Å²) in [5, 5.41) is 0. The Morgan fingerprint density at radius 1 is 1.10 bits per heavy atom. The summed E-state index contributed by atoms with van der Waals surface area (Å²) in [6.07, 6.45) is 1.04. The summed E-state index contributed by atoms with van der Waals surface area (Å²) in [6, 6.07) is 12.1. The molecule has 21 heavy (non-hydrogen) atoms. The lowest BCUT2D eigenvalue weighted by Gasteiger charge is -2.10. The number of benzene rings is 2. The number of nitrogens with zero attached hydrogens (tertiary/aromatic N) is 2. The minimum absolute atomic E-state index is 0.741. The Morgan fingerprint density at radius 3 is 2.57 bits per heavy atom. The van der Waals surface area contributed by atoms with Gasteiger partial charge in [0.15, 0.2) is 0 Å². The molecule has 0 bridgehead atoms. The van der Waals surface area contributed by atoms with Crippen molar-refractivity contribution in [3.63, 3.8) is 0 Å². The van der Waals surface area contributed by atoms with Gasteiger partial charge in [-0.05, 0) is 42.8 Å². The summed E-state index contributed by atoms with van der Waals surface area (Å²) in [5.74, 6) is 0.920. The van der Waals surface area contributed by atoms with E-state index in [0.29, 0.717) is 0 Å². The van der Waals surface area contributed by atoms with Gasteiger partial charge in [-0.1, -0.05) is 38.8 Å². The van der Waals surface area contributed by atoms with Gasteiger partial charge in [0.05, 0.1) is 11.0 Å². The van der Waals surface area contributed by atoms with Crippen LogP contribution < -0.4 is 5.73 Å². The molecule has 2 N–H and O–H groups in total. The number of anilines is 1. The van der Waals surface area contributed by atoms with Crippen molar-refractivity contribution in [1.29, 1.82) is 0 Å². The normalized spacial score (nSPS) is 11.2. The van der Waals surface area contributed by atoms with E-state index in [9.17, 15) is 0 Å². The number of aromatic nitrogens is 2. The fourth-order valence-electron chi connectivity index (χ4n) is 2.48. The largest absolute Gasteiger partial charge is 0.398 e. The minimum Gasteiger partial charge on any atom is -0.398 e. The van der Waals surface area contributed by atoms with Gasteiger partial charge < -0.3 is 10.3 Å². The van der Waals surface area contributed by atoms with Crippen LogP contribution in [0, 0.1) is 0 Å². The summed E-state index contributed by atoms with van der Waals surface area (Å²) in [4.78, 5) is 4.80. The SMILES string of the molecule is CCCn1c(-c2cc(Br)ccc2N)nc2cc(Br)ccc21. The first kappa shape index (κ1) is 14.6. The first-order valence-electron chi connectivity index (χ1n) is 6.81. The lowest BCUT2D eigenvalue weighted by atomic mass is 10.1. The Labute approximate surface area is 140 Å². The van der Waals surface area contributed by atoms with Crippen LogP contribution in [0.1, 0.15) is 13.3 Å². The average molecular weight is 409 g/mol. The third-order valence-corrected chi connectivity index (χ3v) is 4.40. The lowest BCUT2D eigenvalue weighted by molar-refractivity contribution is 0.704. The Balaban J connectivity index is 2.30. The van der Waals surface area contributed by atoms with Gasteiger partial charge in [0.2, 0.25) is 0 Å². The van der Waals surface area contributed by atoms with Crippen LogP contribution in [0.3, 0.4) is 0 Å². The number of hydrogen-bond acceptors (Lipinski definition) is 2. The quantitative estimate of drug-likeness (QED) is 0.603. The molecule has 0 saturated carbocycles. The molecule has 0 atom stereocenters. The van der Waals surface area contributed by atoms with Crippen LogP contribution in [0.15, 0.2) is 45.3 Å². The summed E-state index contributed by atoms with van der Waals surface area (Å²) in [5.41, 5.74) is 9.97. The van der Waals surface area contributed by atoms with E-state index >= 15 is 0 Å². The molecule has 0 amide bonds. The zero-order valence-corrected chi connectivity index (χ0v) is 14.8. The minimum atomic E-state index is 0.741. The van der Waals surface area contributed by atoms with E-state index in [0.717, 1.165) is 50.0 Å². The Hall–Kier alpha value is -1.33. The fraction of sp³-hybridized carbons (Fsp3) is 0.188. The molecule has 3 rings (SSSR count). The third kappa shape index (κ3) is 2.72. The highest BCUT2D eigenvalue weighted by Gasteiger charge is 2.14. The van der Waals surface area contributed by atoms with Gasteiger partial charge in [-0.3, -0.25) is 0 Å². The highest BCUT2D eigenvalue weighted by molar-refractivity contribution is 9.10. The van der Waals surface area contributed by atoms with Crippen LogP contribution in [-0.2, 0) is 6.54 Å². The van der Waals surface area contributed by atoms with Gasteiger partial charge in [-0.25, -0.2) is 4.98 Å². The number of imidazole rings is 1. The summed E-state index contributed by atoms with van der Waals surface area (Å²) in [6.45, 7) is 3.08. The molecule has 108 valence electrons. The van der Waals surface area contributed by atoms with Crippen LogP contribution in [0.5, 0.6) is 0 Å². The molecule has 2 aromatic carbocycles. The average Bonchev–Trinajstić information content (AvgIpc) is 2.80. The van der Waals surface area contributed by atoms with Crippen LogP contribution >= 0.6 is 31.9 Å². The number of fused-ring (bicyclic) bond motifs is 1. The second kappa shape index (κ2) is 5.81. The van der Waals surface area contributed by atoms with Crippen molar-refractivity contribution in [3.8, 4) is 11.4 Å². The second-order valence-corrected chi connectivity index (χ2v) is 6.78. The Morgan fingerprint density at radius 2 is 1.81 bits per heavy atom. The van der Waals surface area contributed by atoms with E-state index in [4.69, 9.17) is 10.7 Å². The molecule has 0 fully saturated rings. The molecule has 0 aliphatic carbocycles. The lowest BCUT2D eigenvalue weighted by Crippen LogP contribution is -2.01. The van der Waals surface area contributed by atoms with E-state index in [1.165, 1.54) is 0 Å². The smallest absolute Gasteiger partial charge is 0.143 e. The van der Waals surface area contributed by atoms with Gasteiger partial charge in [-0.15, -0.1) is 0 Å². The molecule has 0 unspecified atom stereocenters. The molecule has 3 aromatic rings. The molecular formula is C16H15Br2N3. The molecule has 3 nitrogen and oxygen atoms in total. The monoisotopic (exact) mass is 407 g/mol. The summed E-state index contributed by atoms with van der Waals surface area (Å²) in [7, 11) is 0. The zero-order valence-electron chi connectivity index (χ0n) is 11.6. The fourth-order valence-corrected chi connectivity index (χ4v) is 3.19. The van der Waals surface area contributed by atoms with Crippen LogP contribution in [-0.4, -0.2) is 9.55 Å². The topological polar surface area (TPSA) is 43.8 Å². The van der Waals surface area contributed by atoms with Crippen molar-refractivity contribution in [2.45, 2.75) is 19.9 Å². The van der Waals surface area contributed by atoms with Gasteiger partial charge in [-0.2, -0.15) is 0 Å². The highest BCUT2D eigenvalue weighted by Crippen LogP contribution is 2.32. The number of hydrogen-bond donors (Lipinski definition) is 1. The number of nitrogen functional groups attached to an aromatic ring is 1. The van der Waals surface area contributed by atoms with E-state index in [1.807, 2.05) is 30.3 Å². The number of halogens is 2. The first-order chi connectivity index (χ1) is 10.1. The van der Waals surface area contributed by atoms with Crippen molar-refractivity contribution in [3.05, 3.63) is 45.3 Å². The molecule has 1 heterocycles. The molecule has 0 saturated heterocycles. The highest BCUT2D eigenvalue weighted by atomic mass is 79.9. The summed E-state index contributed by atoms with van der Waals surface area (Å²) >= 11 is 7.02. The molecule has 1 aromatic heterocycles. The van der Waals surface area contributed by atoms with Crippen molar-refractivity contribution in [1.82, 2.24) is 9.55 Å². The standard InChI is InChI=1S/C16H15Br2N3/c1-2-7-21-15-6-4-11(18)9-14(15)20-16(21)12-8-10(17)3-5-13(12)19/h3-6,8-9H,2,7,19H2,1H3. The Kier molecular flexibility index (Phi) is 4.04. The van der Waals surface area contributed by atoms with E-state index in [1.54, 1.807) is 0 Å². The maximum Gasteiger partial charge on any atom is 0.143 e. The van der Waals surface area contributed by atoms with Gasteiger partial charge in [0.1, 0.15) is 5.82 Å². The van der Waals surface area contributed by atoms with Crippen molar-refractivity contribution in [2.24, 2.45) is 0 Å². The summed E-state index contributed by atoms with van der Waals surface area (Å²) < 4.78 is 4.27. The van der Waals surface area contributed by atoms with Crippen molar-refractivity contribution >= 4 is 48.6 Å². The number of nitrogens with two attached hydrogens (primary N) is 1. The van der Waals surface area contributed by atoms with Crippen molar-refractivity contribution in [2.75, 3.05) is 5.73 Å². The maximum absolute atomic E-state index is 6.15. The second-order valence-electron chi connectivity index (χ2n) is 4.95. The molecule has 0 radical (unpaired) electrons. The number of aryl methyl sites for hydroxylation is 1. The van der Waals surface area contributed by atoms with Gasteiger partial charge >= 0.3 is 0 Å². The number of rotatable bonds is 3. The molecule has 5 heteroatoms. The maximum atomic E-state index is 6.15. The van der Waals surface area contributed by atoms with Gasteiger partial charge in [0, 0.05) is 26.7 Å². The predicted molar refractivity (Wildman–Crippen MR) is 95.3 cm³/mol. The molecule has 0 aliphatic rings. The molecule has 0 spiro atoms. The van der Waals surface area contributed by atoms with E-state index < -0.39 is 0 Å². The Bertz CT molecular complexity index is 809. The predicted octanol–water partition coefficient (Wildman–Crippen LogP) is 5.22. The van der Waals surface area contributed by atoms with Crippen LogP contribution in [0.2, 0.25) is 0 Å². The van der Waals surface area contributed by atoms with E-state index in [2.05, 4.69) is 49.4 Å². The third-order valence-electron chi connectivity index (χ3n) is 3.41. The van der Waals surface area contributed by atoms with Crippen LogP contribution in [0.25, 0.3) is 22.4 Å². The van der Waals surface area contributed by atoms with Gasteiger partial charge in [0.25, 0.3) is 0 Å². The van der Waals surface area contributed by atoms with Crippen molar-refractivity contribution < 1.29 is 0 Å².